The lowest BCUT2D eigenvalue weighted by molar-refractivity contribution is -0.384. The molecule has 0 saturated carbocycles. The fourth-order valence-electron chi connectivity index (χ4n) is 2.67. The molecule has 0 spiro atoms. The van der Waals surface area contributed by atoms with Crippen molar-refractivity contribution >= 4 is 27.4 Å². The van der Waals surface area contributed by atoms with Crippen LogP contribution in [0, 0.1) is 10.1 Å². The largest absolute Gasteiger partial charge is 0.480 e. The van der Waals surface area contributed by atoms with Crippen LogP contribution in [0.25, 0.3) is 0 Å². The third kappa shape index (κ3) is 4.45. The Hall–Kier alpha value is -2.20. The van der Waals surface area contributed by atoms with Gasteiger partial charge in [0.25, 0.3) is 5.69 Å². The number of carbonyl (C=O) groups is 1. The van der Waals surface area contributed by atoms with Gasteiger partial charge in [-0.15, -0.1) is 0 Å². The van der Waals surface area contributed by atoms with Crippen LogP contribution in [0.1, 0.15) is 32.6 Å². The molecule has 1 aromatic carbocycles. The number of nitro benzene ring substituents is 1. The maximum absolute atomic E-state index is 12.7. The Kier molecular flexibility index (Phi) is 5.96. The molecule has 2 rings (SSSR count). The van der Waals surface area contributed by atoms with Gasteiger partial charge in [0, 0.05) is 19.2 Å². The van der Waals surface area contributed by atoms with Gasteiger partial charge >= 0.3 is 5.97 Å². The minimum Gasteiger partial charge on any atom is -0.480 e. The van der Waals surface area contributed by atoms with E-state index in [0.717, 1.165) is 31.7 Å². The second-order valence-electron chi connectivity index (χ2n) is 5.96. The van der Waals surface area contributed by atoms with Crippen molar-refractivity contribution in [3.63, 3.8) is 0 Å². The van der Waals surface area contributed by atoms with Crippen molar-refractivity contribution in [2.75, 3.05) is 18.4 Å². The first kappa shape index (κ1) is 19.1. The minimum absolute atomic E-state index is 0.0327. The molecule has 1 heterocycles. The van der Waals surface area contributed by atoms with Crippen LogP contribution in [0.4, 0.5) is 11.4 Å². The molecule has 9 nitrogen and oxygen atoms in total. The Balaban J connectivity index is 2.37. The molecule has 0 aromatic heterocycles. The van der Waals surface area contributed by atoms with Crippen LogP contribution in [0.2, 0.25) is 0 Å². The van der Waals surface area contributed by atoms with E-state index in [9.17, 15) is 23.3 Å². The quantitative estimate of drug-likeness (QED) is 0.578. The first-order valence-corrected chi connectivity index (χ1v) is 9.45. The van der Waals surface area contributed by atoms with Crippen molar-refractivity contribution in [1.82, 2.24) is 4.31 Å². The summed E-state index contributed by atoms with van der Waals surface area (Å²) in [5.74, 6) is -1.17. The third-order valence-electron chi connectivity index (χ3n) is 4.11. The van der Waals surface area contributed by atoms with Gasteiger partial charge in [0.1, 0.15) is 11.7 Å². The number of aliphatic carboxylic acids is 1. The number of hydrogen-bond donors (Lipinski definition) is 2. The van der Waals surface area contributed by atoms with Gasteiger partial charge in [-0.1, -0.05) is 12.8 Å². The Morgan fingerprint density at radius 3 is 2.40 bits per heavy atom. The highest BCUT2D eigenvalue weighted by atomic mass is 32.2. The van der Waals surface area contributed by atoms with Crippen LogP contribution >= 0.6 is 0 Å². The monoisotopic (exact) mass is 371 g/mol. The summed E-state index contributed by atoms with van der Waals surface area (Å²) in [5.41, 5.74) is -0.501. The van der Waals surface area contributed by atoms with Gasteiger partial charge in [-0.3, -0.25) is 14.9 Å². The number of hydrogen-bond acceptors (Lipinski definition) is 6. The fourth-order valence-corrected chi connectivity index (χ4v) is 4.21. The van der Waals surface area contributed by atoms with E-state index in [1.165, 1.54) is 23.4 Å². The zero-order valence-electron chi connectivity index (χ0n) is 13.8. The molecule has 1 aliphatic heterocycles. The molecule has 0 radical (unpaired) electrons. The summed E-state index contributed by atoms with van der Waals surface area (Å²) < 4.78 is 26.8. The number of nitrogens with zero attached hydrogens (tertiary/aromatic N) is 2. The molecule has 2 N–H and O–H groups in total. The summed E-state index contributed by atoms with van der Waals surface area (Å²) in [6, 6.07) is 2.44. The van der Waals surface area contributed by atoms with Crippen LogP contribution in [-0.2, 0) is 14.8 Å². The average Bonchev–Trinajstić information content (AvgIpc) is 2.84. The lowest BCUT2D eigenvalue weighted by Crippen LogP contribution is -2.32. The smallest absolute Gasteiger partial charge is 0.325 e. The van der Waals surface area contributed by atoms with Crippen molar-refractivity contribution in [1.29, 1.82) is 0 Å². The summed E-state index contributed by atoms with van der Waals surface area (Å²) in [6.45, 7) is 2.13. The molecule has 1 aromatic rings. The zero-order chi connectivity index (χ0) is 18.6. The lowest BCUT2D eigenvalue weighted by atomic mass is 10.2. The lowest BCUT2D eigenvalue weighted by Gasteiger charge is -2.20. The van der Waals surface area contributed by atoms with Crippen LogP contribution in [0.3, 0.4) is 0 Å². The predicted octanol–water partition coefficient (Wildman–Crippen LogP) is 2.04. The number of carboxylic acids is 1. The molecule has 0 bridgehead atoms. The molecule has 0 aliphatic carbocycles. The summed E-state index contributed by atoms with van der Waals surface area (Å²) in [5, 5.41) is 22.7. The van der Waals surface area contributed by atoms with Gasteiger partial charge in [0.2, 0.25) is 10.0 Å². The molecule has 138 valence electrons. The zero-order valence-corrected chi connectivity index (χ0v) is 14.7. The van der Waals surface area contributed by atoms with Crippen molar-refractivity contribution < 1.29 is 23.2 Å². The summed E-state index contributed by atoms with van der Waals surface area (Å²) in [6.07, 6.45) is 3.44. The van der Waals surface area contributed by atoms with Crippen molar-refractivity contribution in [3.05, 3.63) is 28.3 Å². The highest BCUT2D eigenvalue weighted by molar-refractivity contribution is 7.89. The van der Waals surface area contributed by atoms with Crippen LogP contribution in [-0.4, -0.2) is 47.9 Å². The molecule has 1 fully saturated rings. The highest BCUT2D eigenvalue weighted by Gasteiger charge is 2.28. The third-order valence-corrected chi connectivity index (χ3v) is 6.01. The summed E-state index contributed by atoms with van der Waals surface area (Å²) >= 11 is 0. The van der Waals surface area contributed by atoms with Crippen molar-refractivity contribution in [3.8, 4) is 0 Å². The fraction of sp³-hybridized carbons (Fsp3) is 0.533. The second-order valence-corrected chi connectivity index (χ2v) is 7.90. The van der Waals surface area contributed by atoms with E-state index in [2.05, 4.69) is 5.32 Å². The average molecular weight is 371 g/mol. The number of carboxylic acid groups (broad SMARTS) is 1. The number of nitrogens with one attached hydrogen (secondary N) is 1. The van der Waals surface area contributed by atoms with Crippen molar-refractivity contribution in [2.45, 2.75) is 43.5 Å². The predicted molar refractivity (Wildman–Crippen MR) is 91.0 cm³/mol. The van der Waals surface area contributed by atoms with Gasteiger partial charge in [-0.25, -0.2) is 8.42 Å². The van der Waals surface area contributed by atoms with Gasteiger partial charge in [-0.2, -0.15) is 4.31 Å². The standard InChI is InChI=1S/C15H21N3O6S/c1-11(15(19)20)16-13-7-6-12(10-14(13)18(21)22)25(23,24)17-8-4-2-3-5-9-17/h6-7,10-11,16H,2-5,8-9H2,1H3,(H,19,20)/t11-/m0/s1. The number of sulfonamides is 1. The van der Waals surface area contributed by atoms with E-state index in [1.807, 2.05) is 0 Å². The van der Waals surface area contributed by atoms with Gasteiger partial charge in [-0.05, 0) is 31.9 Å². The normalized spacial score (nSPS) is 17.5. The SMILES string of the molecule is C[C@H](Nc1ccc(S(=O)(=O)N2CCCCCC2)cc1[N+](=O)[O-])C(=O)O. The highest BCUT2D eigenvalue weighted by Crippen LogP contribution is 2.30. The molecular formula is C15H21N3O6S. The first-order valence-electron chi connectivity index (χ1n) is 8.01. The molecule has 1 saturated heterocycles. The maximum atomic E-state index is 12.7. The topological polar surface area (TPSA) is 130 Å². The molecule has 0 unspecified atom stereocenters. The Morgan fingerprint density at radius 2 is 1.88 bits per heavy atom. The van der Waals surface area contributed by atoms with E-state index in [0.29, 0.717) is 13.1 Å². The van der Waals surface area contributed by atoms with Crippen LogP contribution in [0.15, 0.2) is 23.1 Å². The molecule has 1 atom stereocenters. The minimum atomic E-state index is -3.82. The van der Waals surface area contributed by atoms with E-state index in [-0.39, 0.29) is 10.6 Å². The Labute approximate surface area is 145 Å². The van der Waals surface area contributed by atoms with E-state index in [1.54, 1.807) is 0 Å². The van der Waals surface area contributed by atoms with E-state index < -0.39 is 32.6 Å². The maximum Gasteiger partial charge on any atom is 0.325 e. The number of benzene rings is 1. The number of nitro groups is 1. The van der Waals surface area contributed by atoms with Gasteiger partial charge in [0.15, 0.2) is 0 Å². The molecule has 1 aliphatic rings. The Morgan fingerprint density at radius 1 is 1.28 bits per heavy atom. The molecule has 25 heavy (non-hydrogen) atoms. The molecular weight excluding hydrogens is 350 g/mol. The van der Waals surface area contributed by atoms with Gasteiger partial charge < -0.3 is 10.4 Å². The summed E-state index contributed by atoms with van der Waals surface area (Å²) in [7, 11) is -3.82. The van der Waals surface area contributed by atoms with Crippen LogP contribution < -0.4 is 5.32 Å². The molecule has 0 amide bonds. The number of rotatable bonds is 6. The molecule has 10 heteroatoms. The van der Waals surface area contributed by atoms with Gasteiger partial charge in [0.05, 0.1) is 9.82 Å². The summed E-state index contributed by atoms with van der Waals surface area (Å²) in [4.78, 5) is 21.3. The Bertz CT molecular complexity index is 757. The van der Waals surface area contributed by atoms with Crippen LogP contribution in [0.5, 0.6) is 0 Å². The second kappa shape index (κ2) is 7.79. The van der Waals surface area contributed by atoms with E-state index in [4.69, 9.17) is 5.11 Å². The van der Waals surface area contributed by atoms with Crippen molar-refractivity contribution in [2.24, 2.45) is 0 Å². The number of anilines is 1. The first-order chi connectivity index (χ1) is 11.7. The van der Waals surface area contributed by atoms with E-state index >= 15 is 0 Å².